The van der Waals surface area contributed by atoms with Gasteiger partial charge in [-0.25, -0.2) is 4.79 Å². The Morgan fingerprint density at radius 1 is 1.18 bits per heavy atom. The van der Waals surface area contributed by atoms with Crippen LogP contribution in [0, 0.1) is 0 Å². The Hall–Kier alpha value is -1.86. The molecule has 0 unspecified atom stereocenters. The van der Waals surface area contributed by atoms with Crippen molar-refractivity contribution in [3.8, 4) is 0 Å². The standard InChI is InChI=1S/C21H26BrN3O3/c1-3-23-7-9-24(10-8-23)19-12-18-15(11-17(19)22)20(26)16(21(27)28-4-2)13-25(18)14-5-6-14/h11-14H,3-10H2,1-2H3. The Kier molecular flexibility index (Phi) is 5.47. The summed E-state index contributed by atoms with van der Waals surface area (Å²) < 4.78 is 8.10. The zero-order valence-electron chi connectivity index (χ0n) is 16.4. The van der Waals surface area contributed by atoms with Gasteiger partial charge in [0.1, 0.15) is 5.56 Å². The number of pyridine rings is 1. The van der Waals surface area contributed by atoms with Crippen LogP contribution in [0.15, 0.2) is 27.6 Å². The highest BCUT2D eigenvalue weighted by Crippen LogP contribution is 2.39. The number of likely N-dealkylation sites (N-methyl/N-ethyl adjacent to an activating group) is 1. The molecule has 7 heteroatoms. The number of ether oxygens (including phenoxy) is 1. The zero-order valence-corrected chi connectivity index (χ0v) is 18.0. The fourth-order valence-electron chi connectivity index (χ4n) is 3.92. The number of carbonyl (C=O) groups excluding carboxylic acids is 1. The number of hydrogen-bond donors (Lipinski definition) is 0. The minimum Gasteiger partial charge on any atom is -0.462 e. The second kappa shape index (κ2) is 7.87. The van der Waals surface area contributed by atoms with Crippen LogP contribution in [0.1, 0.15) is 43.1 Å². The number of carbonyl (C=O) groups is 1. The molecule has 0 radical (unpaired) electrons. The summed E-state index contributed by atoms with van der Waals surface area (Å²) in [4.78, 5) is 30.1. The van der Waals surface area contributed by atoms with Gasteiger partial charge in [0, 0.05) is 48.3 Å². The van der Waals surface area contributed by atoms with Crippen molar-refractivity contribution in [1.29, 1.82) is 0 Å². The summed E-state index contributed by atoms with van der Waals surface area (Å²) in [6, 6.07) is 4.33. The van der Waals surface area contributed by atoms with E-state index in [0.717, 1.165) is 61.2 Å². The second-order valence-electron chi connectivity index (χ2n) is 7.47. The summed E-state index contributed by atoms with van der Waals surface area (Å²) in [5, 5.41) is 0.570. The molecule has 1 saturated heterocycles. The molecule has 0 amide bonds. The van der Waals surface area contributed by atoms with Crippen molar-refractivity contribution in [2.75, 3.05) is 44.2 Å². The highest BCUT2D eigenvalue weighted by Gasteiger charge is 2.28. The Balaban J connectivity index is 1.81. The summed E-state index contributed by atoms with van der Waals surface area (Å²) in [5.74, 6) is -0.542. The Bertz CT molecular complexity index is 960. The van der Waals surface area contributed by atoms with E-state index in [1.165, 1.54) is 0 Å². The van der Waals surface area contributed by atoms with E-state index in [1.54, 1.807) is 13.1 Å². The lowest BCUT2D eigenvalue weighted by molar-refractivity contribution is 0.0524. The zero-order chi connectivity index (χ0) is 19.8. The third kappa shape index (κ3) is 3.57. The molecule has 2 fully saturated rings. The molecule has 1 aromatic carbocycles. The van der Waals surface area contributed by atoms with Crippen LogP contribution in [0.3, 0.4) is 0 Å². The van der Waals surface area contributed by atoms with Crippen molar-refractivity contribution in [3.63, 3.8) is 0 Å². The number of esters is 1. The normalized spacial score (nSPS) is 17.9. The number of benzene rings is 1. The second-order valence-corrected chi connectivity index (χ2v) is 8.33. The predicted octanol–water partition coefficient (Wildman–Crippen LogP) is 3.42. The molecule has 28 heavy (non-hydrogen) atoms. The minimum atomic E-state index is -0.542. The molecule has 150 valence electrons. The number of aromatic nitrogens is 1. The maximum Gasteiger partial charge on any atom is 0.343 e. The lowest BCUT2D eigenvalue weighted by Crippen LogP contribution is -2.46. The molecule has 2 aromatic rings. The lowest BCUT2D eigenvalue weighted by Gasteiger charge is -2.36. The molecule has 0 N–H and O–H groups in total. The van der Waals surface area contributed by atoms with Crippen LogP contribution in [0.4, 0.5) is 5.69 Å². The molecule has 1 aromatic heterocycles. The van der Waals surface area contributed by atoms with E-state index < -0.39 is 5.97 Å². The van der Waals surface area contributed by atoms with Crippen molar-refractivity contribution >= 4 is 38.5 Å². The van der Waals surface area contributed by atoms with Crippen LogP contribution in [0.25, 0.3) is 10.9 Å². The molecule has 0 atom stereocenters. The summed E-state index contributed by atoms with van der Waals surface area (Å²) >= 11 is 3.67. The fraction of sp³-hybridized carbons (Fsp3) is 0.524. The third-order valence-corrected chi connectivity index (χ3v) is 6.33. The molecule has 1 saturated carbocycles. The molecule has 4 rings (SSSR count). The quantitative estimate of drug-likeness (QED) is 0.657. The van der Waals surface area contributed by atoms with Crippen molar-refractivity contribution in [1.82, 2.24) is 9.47 Å². The van der Waals surface area contributed by atoms with E-state index in [4.69, 9.17) is 4.74 Å². The number of piperazine rings is 1. The number of rotatable bonds is 5. The summed E-state index contributed by atoms with van der Waals surface area (Å²) in [5.41, 5.74) is 1.88. The lowest BCUT2D eigenvalue weighted by atomic mass is 10.1. The monoisotopic (exact) mass is 447 g/mol. The first-order valence-electron chi connectivity index (χ1n) is 10.1. The van der Waals surface area contributed by atoms with Crippen LogP contribution < -0.4 is 10.3 Å². The molecular weight excluding hydrogens is 422 g/mol. The Morgan fingerprint density at radius 2 is 1.89 bits per heavy atom. The van der Waals surface area contributed by atoms with Gasteiger partial charge in [-0.15, -0.1) is 0 Å². The smallest absolute Gasteiger partial charge is 0.343 e. The van der Waals surface area contributed by atoms with Crippen LogP contribution in [0.5, 0.6) is 0 Å². The van der Waals surface area contributed by atoms with Crippen LogP contribution >= 0.6 is 15.9 Å². The highest BCUT2D eigenvalue weighted by molar-refractivity contribution is 9.10. The van der Waals surface area contributed by atoms with Gasteiger partial charge < -0.3 is 19.1 Å². The molecule has 1 aliphatic carbocycles. The largest absolute Gasteiger partial charge is 0.462 e. The molecular formula is C21H26BrN3O3. The van der Waals surface area contributed by atoms with Crippen molar-refractivity contribution in [2.45, 2.75) is 32.7 Å². The van der Waals surface area contributed by atoms with Crippen LogP contribution in [0.2, 0.25) is 0 Å². The fourth-order valence-corrected chi connectivity index (χ4v) is 4.51. The first-order valence-corrected chi connectivity index (χ1v) is 10.9. The van der Waals surface area contributed by atoms with Gasteiger partial charge in [-0.1, -0.05) is 6.92 Å². The van der Waals surface area contributed by atoms with Crippen molar-refractivity contribution in [3.05, 3.63) is 38.6 Å². The molecule has 0 bridgehead atoms. The van der Waals surface area contributed by atoms with Crippen LogP contribution in [-0.2, 0) is 4.74 Å². The number of fused-ring (bicyclic) bond motifs is 1. The van der Waals surface area contributed by atoms with E-state index >= 15 is 0 Å². The van der Waals surface area contributed by atoms with Gasteiger partial charge in [0.05, 0.1) is 17.8 Å². The van der Waals surface area contributed by atoms with Gasteiger partial charge >= 0.3 is 5.97 Å². The van der Waals surface area contributed by atoms with Gasteiger partial charge in [0.2, 0.25) is 5.43 Å². The first-order chi connectivity index (χ1) is 13.5. The minimum absolute atomic E-state index is 0.123. The first kappa shape index (κ1) is 19.5. The topological polar surface area (TPSA) is 54.8 Å². The van der Waals surface area contributed by atoms with E-state index in [1.807, 2.05) is 6.07 Å². The molecule has 2 heterocycles. The van der Waals surface area contributed by atoms with E-state index in [0.29, 0.717) is 11.4 Å². The van der Waals surface area contributed by atoms with E-state index in [2.05, 4.69) is 43.3 Å². The SMILES string of the molecule is CCOC(=O)c1cn(C2CC2)c2cc(N3CCN(CC)CC3)c(Br)cc2c1=O. The van der Waals surface area contributed by atoms with Gasteiger partial charge in [-0.05, 0) is 54.4 Å². The van der Waals surface area contributed by atoms with Gasteiger partial charge in [-0.3, -0.25) is 4.79 Å². The number of nitrogens with zero attached hydrogens (tertiary/aromatic N) is 3. The molecule has 6 nitrogen and oxygen atoms in total. The summed E-state index contributed by atoms with van der Waals surface area (Å²) in [6.07, 6.45) is 3.84. The third-order valence-electron chi connectivity index (χ3n) is 5.70. The van der Waals surface area contributed by atoms with Gasteiger partial charge in [0.25, 0.3) is 0 Å². The average Bonchev–Trinajstić information content (AvgIpc) is 3.54. The maximum atomic E-state index is 13.0. The van der Waals surface area contributed by atoms with Crippen LogP contribution in [-0.4, -0.2) is 54.8 Å². The molecule has 1 aliphatic heterocycles. The van der Waals surface area contributed by atoms with E-state index in [-0.39, 0.29) is 17.6 Å². The van der Waals surface area contributed by atoms with Gasteiger partial charge in [0.15, 0.2) is 0 Å². The van der Waals surface area contributed by atoms with Gasteiger partial charge in [-0.2, -0.15) is 0 Å². The number of halogens is 1. The van der Waals surface area contributed by atoms with Crippen molar-refractivity contribution < 1.29 is 9.53 Å². The predicted molar refractivity (Wildman–Crippen MR) is 114 cm³/mol. The molecule has 0 spiro atoms. The number of hydrogen-bond acceptors (Lipinski definition) is 5. The Labute approximate surface area is 173 Å². The Morgan fingerprint density at radius 3 is 2.50 bits per heavy atom. The number of anilines is 1. The molecule has 2 aliphatic rings. The highest BCUT2D eigenvalue weighted by atomic mass is 79.9. The van der Waals surface area contributed by atoms with Crippen molar-refractivity contribution in [2.24, 2.45) is 0 Å². The maximum absolute atomic E-state index is 13.0. The summed E-state index contributed by atoms with van der Waals surface area (Å²) in [6.45, 7) is 9.28. The summed E-state index contributed by atoms with van der Waals surface area (Å²) in [7, 11) is 0. The van der Waals surface area contributed by atoms with E-state index in [9.17, 15) is 9.59 Å². The average molecular weight is 448 g/mol.